The quantitative estimate of drug-likeness (QED) is 0.349. The second-order valence-electron chi connectivity index (χ2n) is 4.28. The Hall–Kier alpha value is -2.87. The van der Waals surface area contributed by atoms with Crippen LogP contribution in [-0.4, -0.2) is 37.4 Å². The number of aromatic nitrogens is 5. The summed E-state index contributed by atoms with van der Waals surface area (Å²) < 4.78 is 0. The van der Waals surface area contributed by atoms with Gasteiger partial charge in [0.1, 0.15) is 5.84 Å². The van der Waals surface area contributed by atoms with E-state index in [-0.39, 0.29) is 0 Å². The number of imidazole rings is 1. The molecule has 8 heteroatoms. The molecule has 0 aliphatic carbocycles. The van der Waals surface area contributed by atoms with Crippen LogP contribution in [0.5, 0.6) is 0 Å². The molecule has 8 nitrogen and oxygen atoms in total. The summed E-state index contributed by atoms with van der Waals surface area (Å²) in [5.74, 6) is 0.429. The molecular formula is C13H14N8. The summed E-state index contributed by atoms with van der Waals surface area (Å²) in [5.41, 5.74) is 9.06. The molecule has 0 radical (unpaired) electrons. The van der Waals surface area contributed by atoms with Gasteiger partial charge in [0.15, 0.2) is 5.65 Å². The van der Waals surface area contributed by atoms with Gasteiger partial charge in [0.25, 0.3) is 0 Å². The van der Waals surface area contributed by atoms with Gasteiger partial charge in [-0.3, -0.25) is 20.3 Å². The Morgan fingerprint density at radius 3 is 3.05 bits per heavy atom. The van der Waals surface area contributed by atoms with E-state index >= 15 is 0 Å². The molecule has 0 aliphatic rings. The topological polar surface area (TPSA) is 118 Å². The average Bonchev–Trinajstić information content (AvgIpc) is 3.01. The van der Waals surface area contributed by atoms with Gasteiger partial charge >= 0.3 is 0 Å². The molecule has 3 heterocycles. The Morgan fingerprint density at radius 2 is 2.19 bits per heavy atom. The third-order valence-electron chi connectivity index (χ3n) is 2.89. The van der Waals surface area contributed by atoms with E-state index in [2.05, 4.69) is 35.2 Å². The molecule has 0 saturated carbocycles. The predicted molar refractivity (Wildman–Crippen MR) is 78.4 cm³/mol. The zero-order valence-corrected chi connectivity index (χ0v) is 11.2. The third-order valence-corrected chi connectivity index (χ3v) is 2.89. The van der Waals surface area contributed by atoms with Crippen LogP contribution in [-0.2, 0) is 6.54 Å². The van der Waals surface area contributed by atoms with Crippen molar-refractivity contribution in [2.45, 2.75) is 6.54 Å². The molecule has 3 aromatic rings. The zero-order chi connectivity index (χ0) is 14.5. The molecule has 0 atom stereocenters. The highest BCUT2D eigenvalue weighted by molar-refractivity contribution is 6.06. The Bertz CT molecular complexity index is 749. The van der Waals surface area contributed by atoms with E-state index in [0.717, 1.165) is 16.8 Å². The number of nitrogens with zero attached hydrogens (tertiary/aromatic N) is 5. The predicted octanol–water partition coefficient (Wildman–Crippen LogP) is 0.200. The Labute approximate surface area is 120 Å². The van der Waals surface area contributed by atoms with Gasteiger partial charge in [-0.25, -0.2) is 9.97 Å². The molecule has 0 aliphatic heterocycles. The number of fused-ring (bicyclic) bond motifs is 1. The number of rotatable bonds is 5. The maximum atomic E-state index is 6.01. The summed E-state index contributed by atoms with van der Waals surface area (Å²) in [5, 5.41) is 3.13. The van der Waals surface area contributed by atoms with Gasteiger partial charge in [-0.2, -0.15) is 0 Å². The maximum absolute atomic E-state index is 6.01. The first kappa shape index (κ1) is 13.1. The van der Waals surface area contributed by atoms with Gasteiger partial charge in [0, 0.05) is 36.9 Å². The minimum atomic E-state index is 0.389. The number of aromatic amines is 1. The van der Waals surface area contributed by atoms with Crippen LogP contribution >= 0.6 is 0 Å². The van der Waals surface area contributed by atoms with Crippen molar-refractivity contribution in [3.05, 3.63) is 48.4 Å². The number of nitrogens with one attached hydrogen (secondary N) is 2. The zero-order valence-electron chi connectivity index (χ0n) is 11.2. The first-order valence-corrected chi connectivity index (χ1v) is 6.38. The fourth-order valence-corrected chi connectivity index (χ4v) is 1.89. The van der Waals surface area contributed by atoms with Crippen LogP contribution in [0.3, 0.4) is 0 Å². The molecule has 4 N–H and O–H groups in total. The lowest BCUT2D eigenvalue weighted by Gasteiger charge is -2.03. The number of hydrogen-bond donors (Lipinski definition) is 3. The summed E-state index contributed by atoms with van der Waals surface area (Å²) in [6, 6.07) is 1.81. The van der Waals surface area contributed by atoms with Crippen LogP contribution in [0.25, 0.3) is 11.2 Å². The molecule has 106 valence electrons. The fourth-order valence-electron chi connectivity index (χ4n) is 1.89. The molecule has 0 spiro atoms. The van der Waals surface area contributed by atoms with Crippen molar-refractivity contribution in [3.8, 4) is 0 Å². The molecule has 0 unspecified atom stereocenters. The summed E-state index contributed by atoms with van der Waals surface area (Å²) in [6.45, 7) is 0.973. The lowest BCUT2D eigenvalue weighted by molar-refractivity contribution is 0.692. The smallest absolute Gasteiger partial charge is 0.178 e. The second kappa shape index (κ2) is 6.06. The summed E-state index contributed by atoms with van der Waals surface area (Å²) in [4.78, 5) is 23.7. The maximum Gasteiger partial charge on any atom is 0.178 e. The minimum Gasteiger partial charge on any atom is -0.383 e. The van der Waals surface area contributed by atoms with Gasteiger partial charge in [-0.05, 0) is 6.07 Å². The van der Waals surface area contributed by atoms with Crippen LogP contribution in [0.15, 0.2) is 42.2 Å². The van der Waals surface area contributed by atoms with Crippen LogP contribution < -0.4 is 11.1 Å². The van der Waals surface area contributed by atoms with Crippen LogP contribution in [0.1, 0.15) is 11.3 Å². The molecular weight excluding hydrogens is 268 g/mol. The molecule has 3 rings (SSSR count). The highest BCUT2D eigenvalue weighted by Gasteiger charge is 2.06. The van der Waals surface area contributed by atoms with Crippen LogP contribution in [0.4, 0.5) is 0 Å². The molecule has 0 bridgehead atoms. The number of pyridine rings is 1. The van der Waals surface area contributed by atoms with Crippen LogP contribution in [0.2, 0.25) is 0 Å². The molecule has 0 aromatic carbocycles. The van der Waals surface area contributed by atoms with Crippen molar-refractivity contribution in [1.29, 1.82) is 0 Å². The molecule has 3 aromatic heterocycles. The number of aliphatic imine (C=N–C) groups is 1. The van der Waals surface area contributed by atoms with Crippen molar-refractivity contribution in [1.82, 2.24) is 30.2 Å². The second-order valence-corrected chi connectivity index (χ2v) is 4.28. The van der Waals surface area contributed by atoms with Crippen LogP contribution in [0, 0.1) is 0 Å². The first-order valence-electron chi connectivity index (χ1n) is 6.38. The summed E-state index contributed by atoms with van der Waals surface area (Å²) in [7, 11) is 0. The van der Waals surface area contributed by atoms with Crippen molar-refractivity contribution in [3.63, 3.8) is 0 Å². The highest BCUT2D eigenvalue weighted by Crippen LogP contribution is 2.11. The monoisotopic (exact) mass is 282 g/mol. The number of H-pyrrole nitrogens is 1. The van der Waals surface area contributed by atoms with E-state index in [1.54, 1.807) is 31.1 Å². The van der Waals surface area contributed by atoms with E-state index in [4.69, 9.17) is 5.73 Å². The SMILES string of the molecule is NC(=NCNCc1cnccn1)c1ccnc2nc[nH]c12. The highest BCUT2D eigenvalue weighted by atomic mass is 15.0. The summed E-state index contributed by atoms with van der Waals surface area (Å²) in [6.07, 6.45) is 8.24. The van der Waals surface area contributed by atoms with E-state index in [1.807, 2.05) is 6.07 Å². The van der Waals surface area contributed by atoms with Crippen molar-refractivity contribution in [2.24, 2.45) is 10.7 Å². The standard InChI is InChI=1S/C13H14N8/c14-12(10-1-2-18-13-11(10)19-8-21-13)20-7-16-6-9-5-15-3-4-17-9/h1-5,8,16H,6-7H2,(H2,14,20)(H,18,19,21). The Balaban J connectivity index is 1.65. The lowest BCUT2D eigenvalue weighted by atomic mass is 10.2. The van der Waals surface area contributed by atoms with Crippen molar-refractivity contribution >= 4 is 17.0 Å². The Morgan fingerprint density at radius 1 is 1.24 bits per heavy atom. The molecule has 21 heavy (non-hydrogen) atoms. The number of hydrogen-bond acceptors (Lipinski definition) is 6. The number of amidine groups is 1. The number of nitrogens with two attached hydrogens (primary N) is 1. The van der Waals surface area contributed by atoms with E-state index in [1.165, 1.54) is 0 Å². The molecule has 0 saturated heterocycles. The van der Waals surface area contributed by atoms with Gasteiger partial charge in [0.2, 0.25) is 0 Å². The van der Waals surface area contributed by atoms with Gasteiger partial charge < -0.3 is 10.7 Å². The lowest BCUT2D eigenvalue weighted by Crippen LogP contribution is -2.20. The fraction of sp³-hybridized carbons (Fsp3) is 0.154. The van der Waals surface area contributed by atoms with Crippen molar-refractivity contribution in [2.75, 3.05) is 6.67 Å². The third kappa shape index (κ3) is 3.00. The van der Waals surface area contributed by atoms with Crippen molar-refractivity contribution < 1.29 is 0 Å². The Kier molecular flexibility index (Phi) is 3.79. The van der Waals surface area contributed by atoms with Gasteiger partial charge in [-0.15, -0.1) is 0 Å². The van der Waals surface area contributed by atoms with E-state index in [0.29, 0.717) is 24.7 Å². The summed E-state index contributed by atoms with van der Waals surface area (Å²) >= 11 is 0. The largest absolute Gasteiger partial charge is 0.383 e. The molecule has 0 fully saturated rings. The first-order chi connectivity index (χ1) is 10.3. The molecule has 0 amide bonds. The van der Waals surface area contributed by atoms with E-state index < -0.39 is 0 Å². The van der Waals surface area contributed by atoms with Gasteiger partial charge in [-0.1, -0.05) is 0 Å². The normalized spacial score (nSPS) is 11.9. The average molecular weight is 282 g/mol. The van der Waals surface area contributed by atoms with Gasteiger partial charge in [0.05, 0.1) is 24.2 Å². The minimum absolute atomic E-state index is 0.389. The van der Waals surface area contributed by atoms with E-state index in [9.17, 15) is 0 Å².